The van der Waals surface area contributed by atoms with E-state index in [1.807, 2.05) is 30.3 Å². The summed E-state index contributed by atoms with van der Waals surface area (Å²) < 4.78 is 25.0. The Kier molecular flexibility index (Phi) is 5.46. The second kappa shape index (κ2) is 7.35. The van der Waals surface area contributed by atoms with Crippen LogP contribution in [0, 0.1) is 6.92 Å². The highest BCUT2D eigenvalue weighted by atomic mass is 32.2. The van der Waals surface area contributed by atoms with E-state index in [2.05, 4.69) is 15.4 Å². The minimum absolute atomic E-state index is 0.155. The molecule has 128 valence electrons. The van der Waals surface area contributed by atoms with Gasteiger partial charge in [-0.25, -0.2) is 8.42 Å². The predicted molar refractivity (Wildman–Crippen MR) is 97.8 cm³/mol. The molecule has 3 N–H and O–H groups in total. The number of nitrogens with one attached hydrogen (secondary N) is 3. The van der Waals surface area contributed by atoms with Crippen LogP contribution in [-0.4, -0.2) is 26.6 Å². The van der Waals surface area contributed by atoms with Crippen LogP contribution in [0.4, 0.5) is 17.1 Å². The summed E-state index contributed by atoms with van der Waals surface area (Å²) in [4.78, 5) is 12.2. The van der Waals surface area contributed by atoms with Crippen molar-refractivity contribution in [3.8, 4) is 0 Å². The van der Waals surface area contributed by atoms with Gasteiger partial charge in [-0.1, -0.05) is 18.2 Å². The van der Waals surface area contributed by atoms with Crippen molar-refractivity contribution in [2.24, 2.45) is 0 Å². The Morgan fingerprint density at radius 3 is 2.29 bits per heavy atom. The molecule has 0 fully saturated rings. The van der Waals surface area contributed by atoms with Crippen molar-refractivity contribution in [3.63, 3.8) is 0 Å². The van der Waals surface area contributed by atoms with E-state index in [9.17, 15) is 13.2 Å². The van der Waals surface area contributed by atoms with Crippen molar-refractivity contribution in [1.29, 1.82) is 0 Å². The Bertz CT molecular complexity index is 820. The molecule has 0 saturated heterocycles. The highest BCUT2D eigenvalue weighted by Crippen LogP contribution is 2.21. The fourth-order valence-electron chi connectivity index (χ4n) is 2.16. The number of para-hydroxylation sites is 1. The highest BCUT2D eigenvalue weighted by molar-refractivity contribution is 7.92. The highest BCUT2D eigenvalue weighted by Gasteiger charge is 2.13. The van der Waals surface area contributed by atoms with Crippen molar-refractivity contribution in [2.75, 3.05) is 21.6 Å². The minimum Gasteiger partial charge on any atom is -0.374 e. The first kappa shape index (κ1) is 17.8. The van der Waals surface area contributed by atoms with Gasteiger partial charge in [0.1, 0.15) is 6.04 Å². The van der Waals surface area contributed by atoms with Gasteiger partial charge in [0.15, 0.2) is 0 Å². The van der Waals surface area contributed by atoms with E-state index in [4.69, 9.17) is 0 Å². The van der Waals surface area contributed by atoms with E-state index in [-0.39, 0.29) is 5.91 Å². The van der Waals surface area contributed by atoms with Crippen LogP contribution in [0.3, 0.4) is 0 Å². The van der Waals surface area contributed by atoms with Crippen LogP contribution in [0.5, 0.6) is 0 Å². The van der Waals surface area contributed by atoms with Gasteiger partial charge in [-0.2, -0.15) is 0 Å². The maximum atomic E-state index is 12.2. The van der Waals surface area contributed by atoms with Gasteiger partial charge in [0.2, 0.25) is 15.9 Å². The third-order valence-corrected chi connectivity index (χ3v) is 3.93. The first-order valence-electron chi connectivity index (χ1n) is 7.45. The molecule has 2 aromatic carbocycles. The molecule has 0 aromatic heterocycles. The van der Waals surface area contributed by atoms with Crippen LogP contribution in [0.1, 0.15) is 12.5 Å². The maximum Gasteiger partial charge on any atom is 0.246 e. The molecule has 0 saturated carbocycles. The SMILES string of the molecule is Cc1cc(NC(C)C(=O)Nc2ccccc2)ccc1NS(C)(=O)=O. The van der Waals surface area contributed by atoms with E-state index in [1.54, 1.807) is 32.0 Å². The van der Waals surface area contributed by atoms with Crippen molar-refractivity contribution in [2.45, 2.75) is 19.9 Å². The van der Waals surface area contributed by atoms with Gasteiger partial charge >= 0.3 is 0 Å². The van der Waals surface area contributed by atoms with Gasteiger partial charge in [0, 0.05) is 11.4 Å². The van der Waals surface area contributed by atoms with Crippen molar-refractivity contribution in [3.05, 3.63) is 54.1 Å². The normalized spacial score (nSPS) is 12.3. The lowest BCUT2D eigenvalue weighted by Gasteiger charge is -2.17. The van der Waals surface area contributed by atoms with Gasteiger partial charge in [-0.3, -0.25) is 9.52 Å². The summed E-state index contributed by atoms with van der Waals surface area (Å²) in [6, 6.07) is 14.0. The number of rotatable bonds is 6. The van der Waals surface area contributed by atoms with Gasteiger partial charge in [0.05, 0.1) is 11.9 Å². The number of amides is 1. The first-order chi connectivity index (χ1) is 11.2. The largest absolute Gasteiger partial charge is 0.374 e. The van der Waals surface area contributed by atoms with Crippen molar-refractivity contribution < 1.29 is 13.2 Å². The molecule has 0 aliphatic heterocycles. The molecule has 0 bridgehead atoms. The monoisotopic (exact) mass is 347 g/mol. The molecule has 0 spiro atoms. The fraction of sp³-hybridized carbons (Fsp3) is 0.235. The molecular formula is C17H21N3O3S. The summed E-state index contributed by atoms with van der Waals surface area (Å²) in [5, 5.41) is 5.93. The van der Waals surface area contributed by atoms with Crippen molar-refractivity contribution >= 4 is 33.0 Å². The number of carbonyl (C=O) groups excluding carboxylic acids is 1. The average molecular weight is 347 g/mol. The zero-order chi connectivity index (χ0) is 17.7. The molecule has 0 aliphatic rings. The van der Waals surface area contributed by atoms with Gasteiger partial charge in [-0.15, -0.1) is 0 Å². The minimum atomic E-state index is -3.32. The third kappa shape index (κ3) is 5.27. The second-order valence-corrected chi connectivity index (χ2v) is 7.37. The molecule has 7 heteroatoms. The number of anilines is 3. The summed E-state index contributed by atoms with van der Waals surface area (Å²) in [5.74, 6) is -0.155. The number of benzene rings is 2. The van der Waals surface area contributed by atoms with Crippen LogP contribution in [-0.2, 0) is 14.8 Å². The molecule has 0 heterocycles. The Balaban J connectivity index is 2.02. The molecule has 2 aromatic rings. The third-order valence-electron chi connectivity index (χ3n) is 3.34. The van der Waals surface area contributed by atoms with Crippen LogP contribution >= 0.6 is 0 Å². The number of aryl methyl sites for hydroxylation is 1. The quantitative estimate of drug-likeness (QED) is 0.750. The van der Waals surface area contributed by atoms with Gasteiger partial charge in [0.25, 0.3) is 0 Å². The molecule has 6 nitrogen and oxygen atoms in total. The molecule has 24 heavy (non-hydrogen) atoms. The molecule has 0 aliphatic carbocycles. The number of carbonyl (C=O) groups is 1. The van der Waals surface area contributed by atoms with Gasteiger partial charge < -0.3 is 10.6 Å². The van der Waals surface area contributed by atoms with E-state index in [0.717, 1.165) is 23.2 Å². The number of sulfonamides is 1. The maximum absolute atomic E-state index is 12.2. The Hall–Kier alpha value is -2.54. The average Bonchev–Trinajstić information content (AvgIpc) is 2.50. The molecular weight excluding hydrogens is 326 g/mol. The topological polar surface area (TPSA) is 87.3 Å². The predicted octanol–water partition coefficient (Wildman–Crippen LogP) is 2.81. The summed E-state index contributed by atoms with van der Waals surface area (Å²) in [6.45, 7) is 3.56. The lowest BCUT2D eigenvalue weighted by molar-refractivity contribution is -0.116. The molecule has 2 rings (SSSR count). The molecule has 1 amide bonds. The van der Waals surface area contributed by atoms with Crippen LogP contribution in [0.15, 0.2) is 48.5 Å². The first-order valence-corrected chi connectivity index (χ1v) is 9.34. The summed E-state index contributed by atoms with van der Waals surface area (Å²) in [5.41, 5.74) is 2.76. The Labute approximate surface area is 142 Å². The van der Waals surface area contributed by atoms with E-state index in [0.29, 0.717) is 5.69 Å². The standard InChI is InChI=1S/C17H21N3O3S/c1-12-11-15(9-10-16(12)20-24(3,22)23)18-13(2)17(21)19-14-7-5-4-6-8-14/h4-11,13,18,20H,1-3H3,(H,19,21). The van der Waals surface area contributed by atoms with Crippen LogP contribution < -0.4 is 15.4 Å². The summed E-state index contributed by atoms with van der Waals surface area (Å²) >= 11 is 0. The van der Waals surface area contributed by atoms with Crippen LogP contribution in [0.2, 0.25) is 0 Å². The summed E-state index contributed by atoms with van der Waals surface area (Å²) in [6.07, 6.45) is 1.11. The van der Waals surface area contributed by atoms with Gasteiger partial charge in [-0.05, 0) is 49.7 Å². The second-order valence-electron chi connectivity index (χ2n) is 5.63. The Morgan fingerprint density at radius 2 is 1.71 bits per heavy atom. The fourth-order valence-corrected chi connectivity index (χ4v) is 2.78. The van der Waals surface area contributed by atoms with Crippen LogP contribution in [0.25, 0.3) is 0 Å². The lowest BCUT2D eigenvalue weighted by atomic mass is 10.1. The number of hydrogen-bond donors (Lipinski definition) is 3. The number of hydrogen-bond acceptors (Lipinski definition) is 4. The van der Waals surface area contributed by atoms with E-state index in [1.165, 1.54) is 0 Å². The lowest BCUT2D eigenvalue weighted by Crippen LogP contribution is -2.31. The molecule has 1 atom stereocenters. The smallest absolute Gasteiger partial charge is 0.246 e. The Morgan fingerprint density at radius 1 is 1.04 bits per heavy atom. The van der Waals surface area contributed by atoms with E-state index < -0.39 is 16.1 Å². The molecule has 0 radical (unpaired) electrons. The summed E-state index contributed by atoms with van der Waals surface area (Å²) in [7, 11) is -3.32. The molecule has 1 unspecified atom stereocenters. The van der Waals surface area contributed by atoms with Crippen molar-refractivity contribution in [1.82, 2.24) is 0 Å². The zero-order valence-corrected chi connectivity index (χ0v) is 14.6. The van der Waals surface area contributed by atoms with E-state index >= 15 is 0 Å². The zero-order valence-electron chi connectivity index (χ0n) is 13.8.